The number of ether oxygens (including phenoxy) is 1. The molecule has 0 spiro atoms. The maximum atomic E-state index is 13.1. The molecule has 2 amide bonds. The Labute approximate surface area is 186 Å². The monoisotopic (exact) mass is 424 g/mol. The number of carbonyl (C=O) groups excluding carboxylic acids is 2. The molecule has 1 atom stereocenters. The number of amides is 2. The zero-order chi connectivity index (χ0) is 23.0. The number of aryl methyl sites for hydroxylation is 2. The summed E-state index contributed by atoms with van der Waals surface area (Å²) >= 11 is 0. The van der Waals surface area contributed by atoms with Gasteiger partial charge in [0.1, 0.15) is 11.8 Å². The molecular weight excluding hydrogens is 388 g/mol. The van der Waals surface area contributed by atoms with Gasteiger partial charge in [-0.1, -0.05) is 50.2 Å². The molecule has 0 bridgehead atoms. The van der Waals surface area contributed by atoms with Crippen molar-refractivity contribution in [2.24, 2.45) is 5.92 Å². The summed E-state index contributed by atoms with van der Waals surface area (Å²) in [6.45, 7) is 12.8. The standard InChI is InChI=1S/C26H36N2O3/c1-18(2)16-27-26(30)22(6)28(13-12-23-10-8-7-9-11-23)25(29)17-31-24-15-19(3)14-20(4)21(24)5/h7-11,14-15,18,22H,12-13,16-17H2,1-6H3,(H,27,30)/t22-/m0/s1. The first-order valence-corrected chi connectivity index (χ1v) is 11.0. The summed E-state index contributed by atoms with van der Waals surface area (Å²) in [5, 5.41) is 2.94. The van der Waals surface area contributed by atoms with E-state index in [1.54, 1.807) is 11.8 Å². The zero-order valence-corrected chi connectivity index (χ0v) is 19.7. The van der Waals surface area contributed by atoms with Crippen molar-refractivity contribution in [3.63, 3.8) is 0 Å². The SMILES string of the molecule is Cc1cc(C)c(C)c(OCC(=O)N(CCc2ccccc2)[C@@H](C)C(=O)NCC(C)C)c1. The van der Waals surface area contributed by atoms with Gasteiger partial charge >= 0.3 is 0 Å². The van der Waals surface area contributed by atoms with Crippen LogP contribution in [0.2, 0.25) is 0 Å². The molecule has 0 aliphatic rings. The van der Waals surface area contributed by atoms with E-state index in [0.29, 0.717) is 31.2 Å². The molecule has 2 aromatic carbocycles. The molecule has 31 heavy (non-hydrogen) atoms. The van der Waals surface area contributed by atoms with Crippen molar-refractivity contribution in [1.29, 1.82) is 0 Å². The average molecular weight is 425 g/mol. The fourth-order valence-electron chi connectivity index (χ4n) is 3.40. The molecule has 0 aliphatic carbocycles. The molecule has 0 saturated carbocycles. The predicted octanol–water partition coefficient (Wildman–Crippen LogP) is 4.22. The van der Waals surface area contributed by atoms with Crippen molar-refractivity contribution in [3.05, 3.63) is 64.7 Å². The van der Waals surface area contributed by atoms with Crippen LogP contribution in [0, 0.1) is 26.7 Å². The summed E-state index contributed by atoms with van der Waals surface area (Å²) in [5.74, 6) is 0.727. The third-order valence-corrected chi connectivity index (χ3v) is 5.45. The first-order chi connectivity index (χ1) is 14.7. The van der Waals surface area contributed by atoms with Crippen molar-refractivity contribution in [2.75, 3.05) is 19.7 Å². The predicted molar refractivity (Wildman–Crippen MR) is 125 cm³/mol. The molecule has 0 unspecified atom stereocenters. The van der Waals surface area contributed by atoms with Crippen LogP contribution in [0.1, 0.15) is 43.0 Å². The summed E-state index contributed by atoms with van der Waals surface area (Å²) in [5.41, 5.74) is 4.37. The van der Waals surface area contributed by atoms with Crippen LogP contribution in [0.15, 0.2) is 42.5 Å². The van der Waals surface area contributed by atoms with E-state index in [0.717, 1.165) is 22.3 Å². The van der Waals surface area contributed by atoms with Crippen molar-refractivity contribution in [3.8, 4) is 5.75 Å². The fraction of sp³-hybridized carbons (Fsp3) is 0.462. The van der Waals surface area contributed by atoms with Gasteiger partial charge in [0, 0.05) is 13.1 Å². The van der Waals surface area contributed by atoms with E-state index in [1.165, 1.54) is 0 Å². The first kappa shape index (κ1) is 24.4. The van der Waals surface area contributed by atoms with E-state index < -0.39 is 6.04 Å². The van der Waals surface area contributed by atoms with Gasteiger partial charge in [0.2, 0.25) is 5.91 Å². The Morgan fingerprint density at radius 1 is 1.03 bits per heavy atom. The van der Waals surface area contributed by atoms with Gasteiger partial charge in [0.05, 0.1) is 0 Å². The second kappa shape index (κ2) is 11.5. The lowest BCUT2D eigenvalue weighted by molar-refractivity contribution is -0.141. The second-order valence-corrected chi connectivity index (χ2v) is 8.63. The van der Waals surface area contributed by atoms with Gasteiger partial charge in [-0.2, -0.15) is 0 Å². The lowest BCUT2D eigenvalue weighted by Gasteiger charge is -2.29. The number of benzene rings is 2. The van der Waals surface area contributed by atoms with Crippen LogP contribution >= 0.6 is 0 Å². The van der Waals surface area contributed by atoms with Crippen molar-refractivity contribution in [2.45, 2.75) is 54.0 Å². The third kappa shape index (κ3) is 7.42. The maximum absolute atomic E-state index is 13.1. The van der Waals surface area contributed by atoms with Gasteiger partial charge in [0.25, 0.3) is 5.91 Å². The Morgan fingerprint density at radius 2 is 1.71 bits per heavy atom. The van der Waals surface area contributed by atoms with Gasteiger partial charge in [-0.3, -0.25) is 9.59 Å². The van der Waals surface area contributed by atoms with Crippen molar-refractivity contribution in [1.82, 2.24) is 10.2 Å². The van der Waals surface area contributed by atoms with E-state index in [9.17, 15) is 9.59 Å². The Morgan fingerprint density at radius 3 is 2.35 bits per heavy atom. The van der Waals surface area contributed by atoms with Gasteiger partial charge in [-0.05, 0) is 68.4 Å². The van der Waals surface area contributed by atoms with E-state index in [-0.39, 0.29) is 18.4 Å². The number of hydrogen-bond acceptors (Lipinski definition) is 3. The maximum Gasteiger partial charge on any atom is 0.261 e. The van der Waals surface area contributed by atoms with Crippen molar-refractivity contribution >= 4 is 11.8 Å². The van der Waals surface area contributed by atoms with Gasteiger partial charge in [0.15, 0.2) is 6.61 Å². The molecule has 0 fully saturated rings. The highest BCUT2D eigenvalue weighted by Gasteiger charge is 2.26. The smallest absolute Gasteiger partial charge is 0.261 e. The fourth-order valence-corrected chi connectivity index (χ4v) is 3.40. The van der Waals surface area contributed by atoms with Crippen LogP contribution < -0.4 is 10.1 Å². The number of carbonyl (C=O) groups is 2. The van der Waals surface area contributed by atoms with Crippen LogP contribution in [0.3, 0.4) is 0 Å². The topological polar surface area (TPSA) is 58.6 Å². The molecule has 0 saturated heterocycles. The summed E-state index contributed by atoms with van der Waals surface area (Å²) in [7, 11) is 0. The Hall–Kier alpha value is -2.82. The highest BCUT2D eigenvalue weighted by Crippen LogP contribution is 2.23. The van der Waals surface area contributed by atoms with Gasteiger partial charge < -0.3 is 15.0 Å². The molecule has 0 aromatic heterocycles. The number of rotatable bonds is 10. The minimum Gasteiger partial charge on any atom is -0.483 e. The average Bonchev–Trinajstić information content (AvgIpc) is 2.74. The zero-order valence-electron chi connectivity index (χ0n) is 19.7. The Kier molecular flexibility index (Phi) is 9.10. The highest BCUT2D eigenvalue weighted by atomic mass is 16.5. The Balaban J connectivity index is 2.12. The van der Waals surface area contributed by atoms with Crippen molar-refractivity contribution < 1.29 is 14.3 Å². The molecule has 0 radical (unpaired) electrons. The Bertz CT molecular complexity index is 878. The van der Waals surface area contributed by atoms with Crippen LogP contribution in [0.25, 0.3) is 0 Å². The summed E-state index contributed by atoms with van der Waals surface area (Å²) in [6.07, 6.45) is 0.678. The number of nitrogens with zero attached hydrogens (tertiary/aromatic N) is 1. The summed E-state index contributed by atoms with van der Waals surface area (Å²) < 4.78 is 5.90. The molecule has 5 nitrogen and oxygen atoms in total. The summed E-state index contributed by atoms with van der Waals surface area (Å²) in [6, 6.07) is 13.5. The molecule has 168 valence electrons. The first-order valence-electron chi connectivity index (χ1n) is 11.0. The van der Waals surface area contributed by atoms with E-state index >= 15 is 0 Å². The van der Waals surface area contributed by atoms with E-state index in [1.807, 2.05) is 71.0 Å². The molecule has 5 heteroatoms. The highest BCUT2D eigenvalue weighted by molar-refractivity contribution is 5.88. The summed E-state index contributed by atoms with van der Waals surface area (Å²) in [4.78, 5) is 27.4. The van der Waals surface area contributed by atoms with Crippen LogP contribution in [-0.2, 0) is 16.0 Å². The number of nitrogens with one attached hydrogen (secondary N) is 1. The minimum atomic E-state index is -0.570. The quantitative estimate of drug-likeness (QED) is 0.621. The lowest BCUT2D eigenvalue weighted by atomic mass is 10.1. The molecule has 2 rings (SSSR count). The minimum absolute atomic E-state index is 0.0969. The molecule has 2 aromatic rings. The molecule has 0 aliphatic heterocycles. The van der Waals surface area contributed by atoms with Gasteiger partial charge in [-0.15, -0.1) is 0 Å². The molecular formula is C26H36N2O3. The molecule has 0 heterocycles. The largest absolute Gasteiger partial charge is 0.483 e. The van der Waals surface area contributed by atoms with E-state index in [4.69, 9.17) is 4.74 Å². The molecule has 1 N–H and O–H groups in total. The van der Waals surface area contributed by atoms with Crippen LogP contribution in [-0.4, -0.2) is 42.5 Å². The van der Waals surface area contributed by atoms with Gasteiger partial charge in [-0.25, -0.2) is 0 Å². The lowest BCUT2D eigenvalue weighted by Crippen LogP contribution is -2.50. The number of hydrogen-bond donors (Lipinski definition) is 1. The third-order valence-electron chi connectivity index (χ3n) is 5.45. The normalized spacial score (nSPS) is 11.8. The second-order valence-electron chi connectivity index (χ2n) is 8.63. The van der Waals surface area contributed by atoms with E-state index in [2.05, 4.69) is 11.4 Å². The van der Waals surface area contributed by atoms with Crippen LogP contribution in [0.4, 0.5) is 0 Å². The van der Waals surface area contributed by atoms with Crippen LogP contribution in [0.5, 0.6) is 5.75 Å².